The molecule has 0 saturated carbocycles. The summed E-state index contributed by atoms with van der Waals surface area (Å²) in [7, 11) is -3.23. The highest BCUT2D eigenvalue weighted by atomic mass is 32.2. The van der Waals surface area contributed by atoms with Crippen LogP contribution in [0.5, 0.6) is 0 Å². The first-order valence-electron chi connectivity index (χ1n) is 5.10. The van der Waals surface area contributed by atoms with Crippen LogP contribution in [0, 0.1) is 6.92 Å². The zero-order valence-electron chi connectivity index (χ0n) is 8.97. The Bertz CT molecular complexity index is 450. The SMILES string of the molecule is Cc1ccc(S(=O)(=O)N2CCC2C)cc1. The molecule has 1 aromatic carbocycles. The molecule has 0 aliphatic carbocycles. The minimum atomic E-state index is -3.23. The van der Waals surface area contributed by atoms with Gasteiger partial charge < -0.3 is 0 Å². The number of benzene rings is 1. The third-order valence-electron chi connectivity index (χ3n) is 2.89. The first-order valence-corrected chi connectivity index (χ1v) is 6.54. The zero-order chi connectivity index (χ0) is 11.1. The van der Waals surface area contributed by atoms with Crippen molar-refractivity contribution in [1.82, 2.24) is 4.31 Å². The van der Waals surface area contributed by atoms with Crippen LogP contribution in [0.4, 0.5) is 0 Å². The molecule has 82 valence electrons. The smallest absolute Gasteiger partial charge is 0.207 e. The summed E-state index contributed by atoms with van der Waals surface area (Å²) in [5.41, 5.74) is 1.07. The first-order chi connectivity index (χ1) is 7.01. The van der Waals surface area contributed by atoms with E-state index in [0.29, 0.717) is 11.4 Å². The fourth-order valence-corrected chi connectivity index (χ4v) is 3.37. The molecule has 1 saturated heterocycles. The number of sulfonamides is 1. The molecule has 1 aliphatic rings. The Morgan fingerprint density at radius 2 is 1.87 bits per heavy atom. The van der Waals surface area contributed by atoms with Gasteiger partial charge >= 0.3 is 0 Å². The predicted octanol–water partition coefficient (Wildman–Crippen LogP) is 1.78. The van der Waals surface area contributed by atoms with Gasteiger partial charge in [-0.05, 0) is 32.4 Å². The van der Waals surface area contributed by atoms with Crippen LogP contribution >= 0.6 is 0 Å². The molecule has 15 heavy (non-hydrogen) atoms. The average molecular weight is 225 g/mol. The Hall–Kier alpha value is -0.870. The Labute approximate surface area is 90.8 Å². The van der Waals surface area contributed by atoms with Gasteiger partial charge in [-0.3, -0.25) is 0 Å². The van der Waals surface area contributed by atoms with Crippen LogP contribution in [0.25, 0.3) is 0 Å². The summed E-state index contributed by atoms with van der Waals surface area (Å²) >= 11 is 0. The lowest BCUT2D eigenvalue weighted by Crippen LogP contribution is -2.49. The van der Waals surface area contributed by atoms with Crippen molar-refractivity contribution in [3.05, 3.63) is 29.8 Å². The van der Waals surface area contributed by atoms with Gasteiger partial charge in [-0.15, -0.1) is 0 Å². The van der Waals surface area contributed by atoms with Crippen LogP contribution in [0.3, 0.4) is 0 Å². The summed E-state index contributed by atoms with van der Waals surface area (Å²) in [4.78, 5) is 0.402. The molecule has 0 aromatic heterocycles. The van der Waals surface area contributed by atoms with E-state index < -0.39 is 10.0 Å². The van der Waals surface area contributed by atoms with Gasteiger partial charge in [0.25, 0.3) is 0 Å². The zero-order valence-corrected chi connectivity index (χ0v) is 9.79. The molecule has 0 N–H and O–H groups in total. The van der Waals surface area contributed by atoms with Crippen LogP contribution < -0.4 is 0 Å². The van der Waals surface area contributed by atoms with Gasteiger partial charge in [0.15, 0.2) is 0 Å². The van der Waals surface area contributed by atoms with Crippen LogP contribution in [0.15, 0.2) is 29.2 Å². The van der Waals surface area contributed by atoms with Crippen LogP contribution in [0.2, 0.25) is 0 Å². The number of hydrogen-bond acceptors (Lipinski definition) is 2. The Morgan fingerprint density at radius 1 is 1.27 bits per heavy atom. The molecule has 1 atom stereocenters. The summed E-state index contributed by atoms with van der Waals surface area (Å²) in [6.45, 7) is 4.54. The molecule has 4 heteroatoms. The molecule has 0 spiro atoms. The third kappa shape index (κ3) is 1.79. The lowest BCUT2D eigenvalue weighted by atomic mass is 10.1. The Kier molecular flexibility index (Phi) is 2.56. The van der Waals surface area contributed by atoms with Gasteiger partial charge in [0.2, 0.25) is 10.0 Å². The van der Waals surface area contributed by atoms with Crippen molar-refractivity contribution in [2.75, 3.05) is 6.54 Å². The van der Waals surface area contributed by atoms with Crippen LogP contribution in [-0.4, -0.2) is 25.3 Å². The van der Waals surface area contributed by atoms with Crippen molar-refractivity contribution in [3.63, 3.8) is 0 Å². The standard InChI is InChI=1S/C11H15NO2S/c1-9-3-5-11(6-4-9)15(13,14)12-8-7-10(12)2/h3-6,10H,7-8H2,1-2H3. The van der Waals surface area contributed by atoms with Gasteiger partial charge in [0, 0.05) is 12.6 Å². The fraction of sp³-hybridized carbons (Fsp3) is 0.455. The van der Waals surface area contributed by atoms with Crippen molar-refractivity contribution < 1.29 is 8.42 Å². The van der Waals surface area contributed by atoms with E-state index in [9.17, 15) is 8.42 Å². The molecule has 1 fully saturated rings. The lowest BCUT2D eigenvalue weighted by molar-refractivity contribution is 0.217. The summed E-state index contributed by atoms with van der Waals surface area (Å²) in [6.07, 6.45) is 0.963. The third-order valence-corrected chi connectivity index (χ3v) is 4.91. The maximum atomic E-state index is 12.1. The molecule has 1 aliphatic heterocycles. The number of hydrogen-bond donors (Lipinski definition) is 0. The van der Waals surface area contributed by atoms with Gasteiger partial charge in [-0.2, -0.15) is 4.31 Å². The van der Waals surface area contributed by atoms with Crippen molar-refractivity contribution in [1.29, 1.82) is 0 Å². The maximum Gasteiger partial charge on any atom is 0.243 e. The van der Waals surface area contributed by atoms with E-state index in [1.54, 1.807) is 16.4 Å². The molecule has 0 amide bonds. The van der Waals surface area contributed by atoms with E-state index in [1.165, 1.54) is 0 Å². The lowest BCUT2D eigenvalue weighted by Gasteiger charge is -2.37. The largest absolute Gasteiger partial charge is 0.243 e. The van der Waals surface area contributed by atoms with Gasteiger partial charge in [0.05, 0.1) is 4.90 Å². The monoisotopic (exact) mass is 225 g/mol. The minimum absolute atomic E-state index is 0.149. The first kappa shape index (κ1) is 10.6. The molecule has 3 nitrogen and oxygen atoms in total. The van der Waals surface area contributed by atoms with Gasteiger partial charge in [0.1, 0.15) is 0 Å². The van der Waals surface area contributed by atoms with Crippen molar-refractivity contribution in [2.45, 2.75) is 31.2 Å². The average Bonchev–Trinajstić information content (AvgIpc) is 2.15. The quantitative estimate of drug-likeness (QED) is 0.769. The molecule has 1 unspecified atom stereocenters. The van der Waals surface area contributed by atoms with Gasteiger partial charge in [-0.25, -0.2) is 8.42 Å². The molecule has 0 radical (unpaired) electrons. The number of rotatable bonds is 2. The highest BCUT2D eigenvalue weighted by Gasteiger charge is 2.35. The molecule has 1 heterocycles. The maximum absolute atomic E-state index is 12.1. The second kappa shape index (κ2) is 3.61. The van der Waals surface area contributed by atoms with Gasteiger partial charge in [-0.1, -0.05) is 17.7 Å². The summed E-state index contributed by atoms with van der Waals surface area (Å²) in [5.74, 6) is 0. The highest BCUT2D eigenvalue weighted by molar-refractivity contribution is 7.89. The van der Waals surface area contributed by atoms with Crippen LogP contribution in [0.1, 0.15) is 18.9 Å². The topological polar surface area (TPSA) is 37.4 Å². The van der Waals surface area contributed by atoms with Crippen LogP contribution in [-0.2, 0) is 10.0 Å². The molecule has 2 rings (SSSR count). The minimum Gasteiger partial charge on any atom is -0.207 e. The second-order valence-corrected chi connectivity index (χ2v) is 5.96. The Balaban J connectivity index is 2.33. The van der Waals surface area contributed by atoms with Crippen molar-refractivity contribution in [2.24, 2.45) is 0 Å². The number of aryl methyl sites for hydroxylation is 1. The van der Waals surface area contributed by atoms with Crippen molar-refractivity contribution >= 4 is 10.0 Å². The molecular weight excluding hydrogens is 210 g/mol. The van der Waals surface area contributed by atoms with E-state index in [-0.39, 0.29) is 6.04 Å². The summed E-state index contributed by atoms with van der Waals surface area (Å²) in [5, 5.41) is 0. The normalized spacial score (nSPS) is 22.4. The summed E-state index contributed by atoms with van der Waals surface area (Å²) in [6, 6.07) is 7.16. The van der Waals surface area contributed by atoms with Crippen molar-refractivity contribution in [3.8, 4) is 0 Å². The second-order valence-electron chi connectivity index (χ2n) is 4.07. The van der Waals surface area contributed by atoms with E-state index in [0.717, 1.165) is 12.0 Å². The molecule has 0 bridgehead atoms. The van der Waals surface area contributed by atoms with E-state index in [1.807, 2.05) is 26.0 Å². The van der Waals surface area contributed by atoms with E-state index >= 15 is 0 Å². The predicted molar refractivity (Wildman–Crippen MR) is 59.1 cm³/mol. The number of nitrogens with zero attached hydrogens (tertiary/aromatic N) is 1. The van der Waals surface area contributed by atoms with E-state index in [2.05, 4.69) is 0 Å². The molecular formula is C11H15NO2S. The highest BCUT2D eigenvalue weighted by Crippen LogP contribution is 2.26. The fourth-order valence-electron chi connectivity index (χ4n) is 1.70. The molecule has 1 aromatic rings. The Morgan fingerprint density at radius 3 is 2.27 bits per heavy atom. The summed E-state index contributed by atoms with van der Waals surface area (Å²) < 4.78 is 25.7. The van der Waals surface area contributed by atoms with E-state index in [4.69, 9.17) is 0 Å².